The number of carbonyl (C=O) groups excluding carboxylic acids is 1. The van der Waals surface area contributed by atoms with Gasteiger partial charge in [0.25, 0.3) is 0 Å². The molecule has 0 radical (unpaired) electrons. The van der Waals surface area contributed by atoms with Crippen LogP contribution in [-0.2, 0) is 11.2 Å². The van der Waals surface area contributed by atoms with E-state index in [0.29, 0.717) is 11.3 Å². The molecule has 1 aliphatic heterocycles. The summed E-state index contributed by atoms with van der Waals surface area (Å²) in [5.41, 5.74) is 5.46. The molecule has 0 bridgehead atoms. The Bertz CT molecular complexity index is 1070. The number of aromatic amines is 1. The summed E-state index contributed by atoms with van der Waals surface area (Å²) in [6, 6.07) is 14.4. The second-order valence-electron chi connectivity index (χ2n) is 8.01. The fourth-order valence-electron chi connectivity index (χ4n) is 4.33. The molecule has 2 aromatic carbocycles. The van der Waals surface area contributed by atoms with Crippen molar-refractivity contribution < 1.29 is 14.3 Å². The fourth-order valence-corrected chi connectivity index (χ4v) is 4.33. The van der Waals surface area contributed by atoms with Crippen molar-refractivity contribution in [1.29, 1.82) is 0 Å². The van der Waals surface area contributed by atoms with Crippen molar-refractivity contribution in [2.24, 2.45) is 0 Å². The first-order chi connectivity index (χ1) is 15.2. The maximum absolute atomic E-state index is 12.0. The summed E-state index contributed by atoms with van der Waals surface area (Å²) in [7, 11) is 2.96. The third-order valence-corrected chi connectivity index (χ3v) is 6.10. The molecule has 0 unspecified atom stereocenters. The van der Waals surface area contributed by atoms with Gasteiger partial charge < -0.3 is 14.5 Å². The summed E-state index contributed by atoms with van der Waals surface area (Å²) in [5, 5.41) is 1.11. The predicted octanol–water partition coefficient (Wildman–Crippen LogP) is 5.08. The van der Waals surface area contributed by atoms with E-state index in [1.54, 1.807) is 7.11 Å². The monoisotopic (exact) mass is 418 g/mol. The summed E-state index contributed by atoms with van der Waals surface area (Å²) in [5.74, 6) is 0.162. The number of H-pyrrole nitrogens is 1. The van der Waals surface area contributed by atoms with Crippen LogP contribution >= 0.6 is 0 Å². The topological polar surface area (TPSA) is 54.6 Å². The van der Waals surface area contributed by atoms with E-state index in [1.807, 2.05) is 18.3 Å². The van der Waals surface area contributed by atoms with Crippen LogP contribution in [0, 0.1) is 0 Å². The molecule has 0 aliphatic carbocycles. The third kappa shape index (κ3) is 4.83. The molecule has 162 valence electrons. The quantitative estimate of drug-likeness (QED) is 0.410. The molecule has 1 aromatic heterocycles. The second-order valence-corrected chi connectivity index (χ2v) is 8.01. The normalized spacial score (nSPS) is 14.5. The summed E-state index contributed by atoms with van der Waals surface area (Å²) >= 11 is 0. The molecule has 0 saturated heterocycles. The van der Waals surface area contributed by atoms with E-state index in [1.165, 1.54) is 30.2 Å². The average molecular weight is 419 g/mol. The summed E-state index contributed by atoms with van der Waals surface area (Å²) in [4.78, 5) is 17.8. The number of ether oxygens (including phenoxy) is 2. The van der Waals surface area contributed by atoms with Crippen LogP contribution in [0.2, 0.25) is 0 Å². The molecule has 1 aliphatic rings. The van der Waals surface area contributed by atoms with Gasteiger partial charge in [-0.1, -0.05) is 36.4 Å². The zero-order chi connectivity index (χ0) is 21.6. The standard InChI is InChI=1S/C26H30N2O3/c1-30-25-17-22-21(18-27-24(22)16-23(25)26(29)31-2)10-6-7-13-28-14-11-20(12-15-28)19-8-4-3-5-9-19/h3-5,8-9,11,16-18,27H,6-7,10,12-15H2,1-2H3. The lowest BCUT2D eigenvalue weighted by atomic mass is 9.99. The lowest BCUT2D eigenvalue weighted by Gasteiger charge is -2.26. The van der Waals surface area contributed by atoms with E-state index < -0.39 is 0 Å². The van der Waals surface area contributed by atoms with Gasteiger partial charge in [-0.25, -0.2) is 4.79 Å². The lowest BCUT2D eigenvalue weighted by Crippen LogP contribution is -2.29. The van der Waals surface area contributed by atoms with Crippen LogP contribution in [0.25, 0.3) is 16.5 Å². The van der Waals surface area contributed by atoms with E-state index >= 15 is 0 Å². The maximum Gasteiger partial charge on any atom is 0.341 e. The van der Waals surface area contributed by atoms with E-state index in [2.05, 4.69) is 46.3 Å². The number of fused-ring (bicyclic) bond motifs is 1. The van der Waals surface area contributed by atoms with Crippen molar-refractivity contribution in [3.05, 3.63) is 71.4 Å². The van der Waals surface area contributed by atoms with Crippen LogP contribution in [0.15, 0.2) is 54.7 Å². The number of benzene rings is 2. The average Bonchev–Trinajstić information content (AvgIpc) is 3.23. The van der Waals surface area contributed by atoms with Gasteiger partial charge in [0.1, 0.15) is 11.3 Å². The molecule has 0 fully saturated rings. The number of hydrogen-bond donors (Lipinski definition) is 1. The minimum Gasteiger partial charge on any atom is -0.496 e. The predicted molar refractivity (Wildman–Crippen MR) is 125 cm³/mol. The van der Waals surface area contributed by atoms with Crippen molar-refractivity contribution in [1.82, 2.24) is 9.88 Å². The van der Waals surface area contributed by atoms with Gasteiger partial charge in [-0.15, -0.1) is 0 Å². The van der Waals surface area contributed by atoms with Gasteiger partial charge in [-0.3, -0.25) is 4.90 Å². The molecular formula is C26H30N2O3. The van der Waals surface area contributed by atoms with Gasteiger partial charge in [0.2, 0.25) is 0 Å². The number of nitrogens with one attached hydrogen (secondary N) is 1. The molecule has 3 aromatic rings. The Morgan fingerprint density at radius 2 is 1.97 bits per heavy atom. The van der Waals surface area contributed by atoms with Gasteiger partial charge in [0.05, 0.1) is 14.2 Å². The molecule has 5 heteroatoms. The van der Waals surface area contributed by atoms with Crippen LogP contribution in [0.5, 0.6) is 5.75 Å². The van der Waals surface area contributed by atoms with E-state index in [4.69, 9.17) is 9.47 Å². The smallest absolute Gasteiger partial charge is 0.341 e. The lowest BCUT2D eigenvalue weighted by molar-refractivity contribution is 0.0597. The zero-order valence-corrected chi connectivity index (χ0v) is 18.3. The SMILES string of the molecule is COC(=O)c1cc2[nH]cc(CCCCN3CC=C(c4ccccc4)CC3)c2cc1OC. The highest BCUT2D eigenvalue weighted by molar-refractivity contribution is 5.98. The molecule has 0 spiro atoms. The highest BCUT2D eigenvalue weighted by Crippen LogP contribution is 2.29. The molecule has 0 saturated carbocycles. The molecule has 5 nitrogen and oxygen atoms in total. The minimum atomic E-state index is -0.388. The molecule has 0 amide bonds. The molecule has 1 N–H and O–H groups in total. The largest absolute Gasteiger partial charge is 0.496 e. The second kappa shape index (κ2) is 9.84. The number of hydrogen-bond acceptors (Lipinski definition) is 4. The Balaban J connectivity index is 1.31. The molecular weight excluding hydrogens is 388 g/mol. The van der Waals surface area contributed by atoms with Crippen LogP contribution in [0.3, 0.4) is 0 Å². The molecule has 31 heavy (non-hydrogen) atoms. The number of carbonyl (C=O) groups is 1. The number of unbranched alkanes of at least 4 members (excludes halogenated alkanes) is 1. The Morgan fingerprint density at radius 3 is 2.68 bits per heavy atom. The first-order valence-corrected chi connectivity index (χ1v) is 10.9. The van der Waals surface area contributed by atoms with Crippen LogP contribution in [0.4, 0.5) is 0 Å². The van der Waals surface area contributed by atoms with Crippen molar-refractivity contribution in [3.63, 3.8) is 0 Å². The highest BCUT2D eigenvalue weighted by atomic mass is 16.5. The summed E-state index contributed by atoms with van der Waals surface area (Å²) < 4.78 is 10.3. The van der Waals surface area contributed by atoms with Crippen LogP contribution in [0.1, 0.15) is 40.7 Å². The first kappa shape index (κ1) is 21.2. The third-order valence-electron chi connectivity index (χ3n) is 6.10. The molecule has 0 atom stereocenters. The van der Waals surface area contributed by atoms with E-state index in [-0.39, 0.29) is 5.97 Å². The van der Waals surface area contributed by atoms with Crippen molar-refractivity contribution >= 4 is 22.4 Å². The zero-order valence-electron chi connectivity index (χ0n) is 18.3. The Kier molecular flexibility index (Phi) is 6.73. The van der Waals surface area contributed by atoms with Gasteiger partial charge in [-0.05, 0) is 61.1 Å². The van der Waals surface area contributed by atoms with Crippen LogP contribution in [-0.4, -0.2) is 49.7 Å². The van der Waals surface area contributed by atoms with E-state index in [9.17, 15) is 4.79 Å². The van der Waals surface area contributed by atoms with Crippen molar-refractivity contribution in [2.45, 2.75) is 25.7 Å². The first-order valence-electron chi connectivity index (χ1n) is 10.9. The van der Waals surface area contributed by atoms with Gasteiger partial charge in [0, 0.05) is 30.2 Å². The Hall–Kier alpha value is -3.05. The number of methoxy groups -OCH3 is 2. The van der Waals surface area contributed by atoms with Crippen molar-refractivity contribution in [3.8, 4) is 5.75 Å². The molecule has 2 heterocycles. The fraction of sp³-hybridized carbons (Fsp3) is 0.346. The number of rotatable bonds is 8. The van der Waals surface area contributed by atoms with Crippen molar-refractivity contribution in [2.75, 3.05) is 33.9 Å². The Labute approximate surface area is 183 Å². The number of aromatic nitrogens is 1. The number of aryl methyl sites for hydroxylation is 1. The number of nitrogens with zero attached hydrogens (tertiary/aromatic N) is 1. The highest BCUT2D eigenvalue weighted by Gasteiger charge is 2.17. The number of esters is 1. The van der Waals surface area contributed by atoms with E-state index in [0.717, 1.165) is 49.8 Å². The van der Waals surface area contributed by atoms with Gasteiger partial charge >= 0.3 is 5.97 Å². The summed E-state index contributed by atoms with van der Waals surface area (Å²) in [6.45, 7) is 3.28. The maximum atomic E-state index is 12.0. The molecule has 4 rings (SSSR count). The van der Waals surface area contributed by atoms with Crippen LogP contribution < -0.4 is 4.74 Å². The summed E-state index contributed by atoms with van der Waals surface area (Å²) in [6.07, 6.45) is 8.83. The van der Waals surface area contributed by atoms with Gasteiger partial charge in [-0.2, -0.15) is 0 Å². The van der Waals surface area contributed by atoms with Gasteiger partial charge in [0.15, 0.2) is 0 Å². The Morgan fingerprint density at radius 1 is 1.13 bits per heavy atom. The minimum absolute atomic E-state index is 0.388.